The SMILES string of the molecule is Cc1nc2ccc(NC(=O)c3cccc4cn[nH]c34)cc2s1. The zero-order valence-electron chi connectivity index (χ0n) is 11.8. The van der Waals surface area contributed by atoms with Gasteiger partial charge in [-0.1, -0.05) is 12.1 Å². The van der Waals surface area contributed by atoms with Crippen LogP contribution in [0.5, 0.6) is 0 Å². The summed E-state index contributed by atoms with van der Waals surface area (Å²) in [4.78, 5) is 16.9. The fraction of sp³-hybridized carbons (Fsp3) is 0.0625. The van der Waals surface area contributed by atoms with Crippen LogP contribution in [0.1, 0.15) is 15.4 Å². The quantitative estimate of drug-likeness (QED) is 0.592. The molecule has 0 aliphatic carbocycles. The number of nitrogens with zero attached hydrogens (tertiary/aromatic N) is 2. The Kier molecular flexibility index (Phi) is 2.90. The first kappa shape index (κ1) is 13.0. The molecule has 0 unspecified atom stereocenters. The summed E-state index contributed by atoms with van der Waals surface area (Å²) in [7, 11) is 0. The number of fused-ring (bicyclic) bond motifs is 2. The van der Waals surface area contributed by atoms with E-state index in [1.807, 2.05) is 37.3 Å². The van der Waals surface area contributed by atoms with Crippen LogP contribution >= 0.6 is 11.3 Å². The predicted molar refractivity (Wildman–Crippen MR) is 88.4 cm³/mol. The maximum absolute atomic E-state index is 12.5. The van der Waals surface area contributed by atoms with Crippen molar-refractivity contribution in [3.63, 3.8) is 0 Å². The van der Waals surface area contributed by atoms with Gasteiger partial charge in [-0.25, -0.2) is 4.98 Å². The van der Waals surface area contributed by atoms with Crippen LogP contribution in [0.2, 0.25) is 0 Å². The van der Waals surface area contributed by atoms with Crippen LogP contribution in [0.25, 0.3) is 21.1 Å². The molecule has 2 heterocycles. The molecule has 0 spiro atoms. The summed E-state index contributed by atoms with van der Waals surface area (Å²) in [5.74, 6) is -0.157. The fourth-order valence-corrected chi connectivity index (χ4v) is 3.34. The van der Waals surface area contributed by atoms with Crippen molar-refractivity contribution in [1.29, 1.82) is 0 Å². The van der Waals surface area contributed by atoms with Crippen molar-refractivity contribution in [2.45, 2.75) is 6.92 Å². The van der Waals surface area contributed by atoms with Crippen LogP contribution in [0.3, 0.4) is 0 Å². The summed E-state index contributed by atoms with van der Waals surface area (Å²) in [6.45, 7) is 1.97. The summed E-state index contributed by atoms with van der Waals surface area (Å²) in [6.07, 6.45) is 1.71. The molecule has 0 saturated carbocycles. The molecular weight excluding hydrogens is 296 g/mol. The lowest BCUT2D eigenvalue weighted by molar-refractivity contribution is 0.102. The Balaban J connectivity index is 1.69. The molecular formula is C16H12N4OS. The van der Waals surface area contributed by atoms with Crippen molar-refractivity contribution in [2.24, 2.45) is 0 Å². The minimum absolute atomic E-state index is 0.157. The van der Waals surface area contributed by atoms with E-state index in [0.717, 1.165) is 31.8 Å². The lowest BCUT2D eigenvalue weighted by Crippen LogP contribution is -2.12. The van der Waals surface area contributed by atoms with Gasteiger partial charge in [0.05, 0.1) is 32.5 Å². The van der Waals surface area contributed by atoms with E-state index >= 15 is 0 Å². The number of para-hydroxylation sites is 1. The Morgan fingerprint density at radius 1 is 1.27 bits per heavy atom. The van der Waals surface area contributed by atoms with Gasteiger partial charge < -0.3 is 5.32 Å². The molecule has 0 aliphatic heterocycles. The van der Waals surface area contributed by atoms with E-state index in [9.17, 15) is 4.79 Å². The second-order valence-electron chi connectivity index (χ2n) is 5.01. The third kappa shape index (κ3) is 2.14. The summed E-state index contributed by atoms with van der Waals surface area (Å²) in [5.41, 5.74) is 3.04. The monoisotopic (exact) mass is 308 g/mol. The van der Waals surface area contributed by atoms with Gasteiger partial charge in [-0.2, -0.15) is 5.10 Å². The minimum Gasteiger partial charge on any atom is -0.322 e. The van der Waals surface area contributed by atoms with Gasteiger partial charge in [-0.3, -0.25) is 9.89 Å². The maximum atomic E-state index is 12.5. The summed E-state index contributed by atoms with van der Waals surface area (Å²) >= 11 is 1.61. The van der Waals surface area contributed by atoms with Crippen LogP contribution in [0.15, 0.2) is 42.6 Å². The Morgan fingerprint density at radius 3 is 3.09 bits per heavy atom. The zero-order chi connectivity index (χ0) is 15.1. The lowest BCUT2D eigenvalue weighted by Gasteiger charge is -2.06. The number of thiazole rings is 1. The summed E-state index contributed by atoms with van der Waals surface area (Å²) in [6, 6.07) is 11.3. The van der Waals surface area contributed by atoms with Crippen LogP contribution in [0, 0.1) is 6.92 Å². The Bertz CT molecular complexity index is 1000. The van der Waals surface area contributed by atoms with Gasteiger partial charge in [0.2, 0.25) is 0 Å². The number of carbonyl (C=O) groups is 1. The molecule has 5 nitrogen and oxygen atoms in total. The first-order valence-corrected chi connectivity index (χ1v) is 7.63. The molecule has 0 fully saturated rings. The number of benzene rings is 2. The lowest BCUT2D eigenvalue weighted by atomic mass is 10.1. The molecule has 4 rings (SSSR count). The highest BCUT2D eigenvalue weighted by Crippen LogP contribution is 2.25. The molecule has 1 amide bonds. The van der Waals surface area contributed by atoms with E-state index in [0.29, 0.717) is 5.56 Å². The van der Waals surface area contributed by atoms with E-state index in [4.69, 9.17) is 0 Å². The molecule has 0 aliphatic rings. The van der Waals surface area contributed by atoms with Crippen molar-refractivity contribution < 1.29 is 4.79 Å². The second kappa shape index (κ2) is 4.92. The van der Waals surface area contributed by atoms with E-state index in [1.54, 1.807) is 23.6 Å². The number of carbonyl (C=O) groups excluding carboxylic acids is 1. The molecule has 0 radical (unpaired) electrons. The fourth-order valence-electron chi connectivity index (χ4n) is 2.47. The average molecular weight is 308 g/mol. The molecule has 0 bridgehead atoms. The number of aromatic amines is 1. The third-order valence-corrected chi connectivity index (χ3v) is 4.41. The van der Waals surface area contributed by atoms with E-state index in [-0.39, 0.29) is 5.91 Å². The van der Waals surface area contributed by atoms with Gasteiger partial charge in [0.15, 0.2) is 0 Å². The molecule has 0 saturated heterocycles. The van der Waals surface area contributed by atoms with E-state index in [2.05, 4.69) is 20.5 Å². The van der Waals surface area contributed by atoms with E-state index < -0.39 is 0 Å². The Hall–Kier alpha value is -2.73. The van der Waals surface area contributed by atoms with Crippen molar-refractivity contribution in [2.75, 3.05) is 5.32 Å². The highest BCUT2D eigenvalue weighted by atomic mass is 32.1. The molecule has 2 aromatic carbocycles. The van der Waals surface area contributed by atoms with Crippen molar-refractivity contribution >= 4 is 44.1 Å². The van der Waals surface area contributed by atoms with Gasteiger partial charge in [0.1, 0.15) is 0 Å². The standard InChI is InChI=1S/C16H12N4OS/c1-9-18-13-6-5-11(7-14(13)22-9)19-16(21)12-4-2-3-10-8-17-20-15(10)12/h2-8H,1H3,(H,17,20)(H,19,21). The predicted octanol–water partition coefficient (Wildman–Crippen LogP) is 3.73. The normalized spacial score (nSPS) is 11.1. The second-order valence-corrected chi connectivity index (χ2v) is 6.24. The first-order chi connectivity index (χ1) is 10.7. The van der Waals surface area contributed by atoms with Crippen LogP contribution in [-0.4, -0.2) is 21.1 Å². The number of rotatable bonds is 2. The van der Waals surface area contributed by atoms with Crippen molar-refractivity contribution in [3.8, 4) is 0 Å². The summed E-state index contributed by atoms with van der Waals surface area (Å²) in [5, 5.41) is 11.7. The number of hydrogen-bond acceptors (Lipinski definition) is 4. The highest BCUT2D eigenvalue weighted by molar-refractivity contribution is 7.18. The topological polar surface area (TPSA) is 70.7 Å². The van der Waals surface area contributed by atoms with Gasteiger partial charge >= 0.3 is 0 Å². The average Bonchev–Trinajstić information content (AvgIpc) is 3.11. The first-order valence-electron chi connectivity index (χ1n) is 6.81. The third-order valence-electron chi connectivity index (χ3n) is 3.47. The number of amides is 1. The van der Waals surface area contributed by atoms with Crippen LogP contribution < -0.4 is 5.32 Å². The number of hydrogen-bond donors (Lipinski definition) is 2. The smallest absolute Gasteiger partial charge is 0.257 e. The van der Waals surface area contributed by atoms with Gasteiger partial charge in [-0.15, -0.1) is 11.3 Å². The number of aryl methyl sites for hydroxylation is 1. The molecule has 2 aromatic heterocycles. The van der Waals surface area contributed by atoms with Crippen LogP contribution in [-0.2, 0) is 0 Å². The molecule has 6 heteroatoms. The Morgan fingerprint density at radius 2 is 2.18 bits per heavy atom. The van der Waals surface area contributed by atoms with Crippen molar-refractivity contribution in [3.05, 3.63) is 53.2 Å². The van der Waals surface area contributed by atoms with E-state index in [1.165, 1.54) is 0 Å². The number of nitrogens with one attached hydrogen (secondary N) is 2. The molecule has 22 heavy (non-hydrogen) atoms. The largest absolute Gasteiger partial charge is 0.322 e. The van der Waals surface area contributed by atoms with Crippen molar-refractivity contribution in [1.82, 2.24) is 15.2 Å². The zero-order valence-corrected chi connectivity index (χ0v) is 12.6. The maximum Gasteiger partial charge on any atom is 0.257 e. The molecule has 0 atom stereocenters. The van der Waals surface area contributed by atoms with Gasteiger partial charge in [-0.05, 0) is 31.2 Å². The number of anilines is 1. The Labute approximate surface area is 130 Å². The molecule has 108 valence electrons. The molecule has 4 aromatic rings. The van der Waals surface area contributed by atoms with Gasteiger partial charge in [0.25, 0.3) is 5.91 Å². The van der Waals surface area contributed by atoms with Gasteiger partial charge in [0, 0.05) is 11.1 Å². The molecule has 2 N–H and O–H groups in total. The van der Waals surface area contributed by atoms with Crippen LogP contribution in [0.4, 0.5) is 5.69 Å². The summed E-state index contributed by atoms with van der Waals surface area (Å²) < 4.78 is 1.06. The minimum atomic E-state index is -0.157. The number of H-pyrrole nitrogens is 1. The highest BCUT2D eigenvalue weighted by Gasteiger charge is 2.12. The number of aromatic nitrogens is 3.